The molecule has 2 nitrogen and oxygen atoms in total. The van der Waals surface area contributed by atoms with Crippen molar-refractivity contribution < 1.29 is 9.90 Å². The summed E-state index contributed by atoms with van der Waals surface area (Å²) in [6.45, 7) is 0. The first-order valence-corrected chi connectivity index (χ1v) is 5.15. The number of carboxylic acid groups (broad SMARTS) is 1. The third-order valence-electron chi connectivity index (χ3n) is 1.48. The van der Waals surface area contributed by atoms with Gasteiger partial charge in [-0.2, -0.15) is 0 Å². The van der Waals surface area contributed by atoms with E-state index in [4.69, 9.17) is 5.11 Å². The summed E-state index contributed by atoms with van der Waals surface area (Å²) in [6, 6.07) is 5.12. The highest BCUT2D eigenvalue weighted by Crippen LogP contribution is 2.22. The lowest BCUT2D eigenvalue weighted by atomic mass is 10.1. The molecule has 1 rings (SSSR count). The molecule has 4 heteroatoms. The Hall–Kier alpha value is -0.350. The topological polar surface area (TPSA) is 37.3 Å². The molecule has 12 heavy (non-hydrogen) atoms. The molecule has 0 radical (unpaired) electrons. The molecule has 0 saturated carbocycles. The van der Waals surface area contributed by atoms with Crippen LogP contribution in [0, 0.1) is 0 Å². The molecular formula is C8H6Br2O2. The van der Waals surface area contributed by atoms with Gasteiger partial charge in [0.25, 0.3) is 0 Å². The Morgan fingerprint density at radius 1 is 1.50 bits per heavy atom. The molecule has 0 unspecified atom stereocenters. The fraction of sp³-hybridized carbons (Fsp3) is 0.125. The van der Waals surface area contributed by atoms with Crippen molar-refractivity contribution in [1.29, 1.82) is 0 Å². The van der Waals surface area contributed by atoms with E-state index in [2.05, 4.69) is 31.9 Å². The molecule has 1 aromatic carbocycles. The minimum Gasteiger partial charge on any atom is -0.478 e. The fourth-order valence-corrected chi connectivity index (χ4v) is 2.38. The van der Waals surface area contributed by atoms with Gasteiger partial charge in [-0.3, -0.25) is 0 Å². The van der Waals surface area contributed by atoms with Crippen LogP contribution in [-0.4, -0.2) is 11.1 Å². The number of rotatable bonds is 2. The van der Waals surface area contributed by atoms with Crippen LogP contribution in [0.25, 0.3) is 0 Å². The first-order chi connectivity index (χ1) is 5.66. The molecule has 0 aromatic heterocycles. The molecule has 0 amide bonds. The van der Waals surface area contributed by atoms with Crippen molar-refractivity contribution in [3.05, 3.63) is 33.8 Å². The van der Waals surface area contributed by atoms with Gasteiger partial charge in [0.15, 0.2) is 0 Å². The Bertz CT molecular complexity index is 310. The van der Waals surface area contributed by atoms with Crippen molar-refractivity contribution in [2.45, 2.75) is 5.33 Å². The van der Waals surface area contributed by atoms with Gasteiger partial charge in [0.2, 0.25) is 0 Å². The standard InChI is InChI=1S/C8H6Br2O2/c9-4-6-5(8(11)12)2-1-3-7(6)10/h1-3H,4H2,(H,11,12). The highest BCUT2D eigenvalue weighted by Gasteiger charge is 2.10. The molecule has 0 bridgehead atoms. The van der Waals surface area contributed by atoms with Gasteiger partial charge < -0.3 is 5.11 Å². The van der Waals surface area contributed by atoms with Crippen LogP contribution in [0.1, 0.15) is 15.9 Å². The zero-order chi connectivity index (χ0) is 9.14. The maximum atomic E-state index is 10.7. The highest BCUT2D eigenvalue weighted by atomic mass is 79.9. The van der Waals surface area contributed by atoms with Crippen LogP contribution in [0.5, 0.6) is 0 Å². The summed E-state index contributed by atoms with van der Waals surface area (Å²) in [5.74, 6) is -0.897. The largest absolute Gasteiger partial charge is 0.478 e. The average molecular weight is 294 g/mol. The number of aromatic carboxylic acids is 1. The van der Waals surface area contributed by atoms with Gasteiger partial charge in [-0.15, -0.1) is 0 Å². The van der Waals surface area contributed by atoms with Crippen molar-refractivity contribution >= 4 is 37.8 Å². The van der Waals surface area contributed by atoms with Crippen LogP contribution in [0.4, 0.5) is 0 Å². The summed E-state index contributed by atoms with van der Waals surface area (Å²) in [7, 11) is 0. The predicted molar refractivity (Wildman–Crippen MR) is 53.7 cm³/mol. The van der Waals surface area contributed by atoms with Crippen molar-refractivity contribution in [2.24, 2.45) is 0 Å². The van der Waals surface area contributed by atoms with E-state index in [0.29, 0.717) is 10.9 Å². The number of benzene rings is 1. The molecule has 0 saturated heterocycles. The Balaban J connectivity index is 3.27. The van der Waals surface area contributed by atoms with Crippen LogP contribution >= 0.6 is 31.9 Å². The van der Waals surface area contributed by atoms with Crippen molar-refractivity contribution in [2.75, 3.05) is 0 Å². The molecule has 0 atom stereocenters. The summed E-state index contributed by atoms with van der Waals surface area (Å²) < 4.78 is 0.819. The zero-order valence-electron chi connectivity index (χ0n) is 6.05. The molecule has 0 aliphatic carbocycles. The van der Waals surface area contributed by atoms with Gasteiger partial charge in [-0.05, 0) is 17.7 Å². The second-order valence-electron chi connectivity index (χ2n) is 2.20. The van der Waals surface area contributed by atoms with E-state index in [-0.39, 0.29) is 0 Å². The van der Waals surface area contributed by atoms with E-state index in [1.165, 1.54) is 0 Å². The number of carbonyl (C=O) groups is 1. The summed E-state index contributed by atoms with van der Waals surface area (Å²) >= 11 is 6.52. The van der Waals surface area contributed by atoms with Gasteiger partial charge >= 0.3 is 5.97 Å². The van der Waals surface area contributed by atoms with Crippen molar-refractivity contribution in [1.82, 2.24) is 0 Å². The quantitative estimate of drug-likeness (QED) is 0.851. The van der Waals surface area contributed by atoms with Crippen LogP contribution in [0.2, 0.25) is 0 Å². The minimum absolute atomic E-state index is 0.334. The second kappa shape index (κ2) is 4.05. The van der Waals surface area contributed by atoms with E-state index < -0.39 is 5.97 Å². The lowest BCUT2D eigenvalue weighted by molar-refractivity contribution is 0.0696. The van der Waals surface area contributed by atoms with Crippen LogP contribution in [-0.2, 0) is 5.33 Å². The van der Waals surface area contributed by atoms with E-state index in [1.807, 2.05) is 6.07 Å². The first-order valence-electron chi connectivity index (χ1n) is 3.23. The van der Waals surface area contributed by atoms with Crippen LogP contribution in [0.3, 0.4) is 0 Å². The molecular weight excluding hydrogens is 288 g/mol. The SMILES string of the molecule is O=C(O)c1cccc(Br)c1CBr. The molecule has 1 aromatic rings. The number of alkyl halides is 1. The monoisotopic (exact) mass is 292 g/mol. The van der Waals surface area contributed by atoms with Crippen molar-refractivity contribution in [3.8, 4) is 0 Å². The molecule has 0 heterocycles. The number of hydrogen-bond donors (Lipinski definition) is 1. The van der Waals surface area contributed by atoms with Gasteiger partial charge in [0, 0.05) is 9.80 Å². The van der Waals surface area contributed by atoms with E-state index in [0.717, 1.165) is 10.0 Å². The number of hydrogen-bond acceptors (Lipinski definition) is 1. The smallest absolute Gasteiger partial charge is 0.336 e. The number of halogens is 2. The van der Waals surface area contributed by atoms with E-state index >= 15 is 0 Å². The second-order valence-corrected chi connectivity index (χ2v) is 3.62. The van der Waals surface area contributed by atoms with E-state index in [9.17, 15) is 4.79 Å². The summed E-state index contributed by atoms with van der Waals surface area (Å²) in [5, 5.41) is 9.32. The zero-order valence-corrected chi connectivity index (χ0v) is 9.22. The highest BCUT2D eigenvalue weighted by molar-refractivity contribution is 9.10. The van der Waals surface area contributed by atoms with Gasteiger partial charge in [0.1, 0.15) is 0 Å². The Morgan fingerprint density at radius 2 is 2.17 bits per heavy atom. The number of carboxylic acids is 1. The Morgan fingerprint density at radius 3 is 2.58 bits per heavy atom. The fourth-order valence-electron chi connectivity index (χ4n) is 0.895. The first kappa shape index (κ1) is 9.74. The molecule has 0 fully saturated rings. The summed E-state index contributed by atoms with van der Waals surface area (Å²) in [6.07, 6.45) is 0. The normalized spacial score (nSPS) is 9.83. The predicted octanol–water partition coefficient (Wildman–Crippen LogP) is 3.04. The lowest BCUT2D eigenvalue weighted by Crippen LogP contribution is -2.01. The summed E-state index contributed by atoms with van der Waals surface area (Å²) in [5.41, 5.74) is 1.10. The van der Waals surface area contributed by atoms with E-state index in [1.54, 1.807) is 12.1 Å². The third-order valence-corrected chi connectivity index (χ3v) is 2.79. The third kappa shape index (κ3) is 1.87. The molecule has 0 aliphatic rings. The Kier molecular flexibility index (Phi) is 3.29. The van der Waals surface area contributed by atoms with Gasteiger partial charge in [-0.1, -0.05) is 37.9 Å². The van der Waals surface area contributed by atoms with Gasteiger partial charge in [-0.25, -0.2) is 4.79 Å². The minimum atomic E-state index is -0.897. The molecule has 64 valence electrons. The van der Waals surface area contributed by atoms with Crippen LogP contribution < -0.4 is 0 Å². The molecule has 0 spiro atoms. The Labute approximate surface area is 86.9 Å². The molecule has 0 aliphatic heterocycles. The lowest BCUT2D eigenvalue weighted by Gasteiger charge is -2.03. The van der Waals surface area contributed by atoms with Crippen LogP contribution in [0.15, 0.2) is 22.7 Å². The molecule has 1 N–H and O–H groups in total. The van der Waals surface area contributed by atoms with Gasteiger partial charge in [0.05, 0.1) is 5.56 Å². The van der Waals surface area contributed by atoms with Crippen molar-refractivity contribution in [3.63, 3.8) is 0 Å². The summed E-state index contributed by atoms with van der Waals surface area (Å²) in [4.78, 5) is 10.7. The average Bonchev–Trinajstić information content (AvgIpc) is 2.03. The maximum Gasteiger partial charge on any atom is 0.336 e. The maximum absolute atomic E-state index is 10.7.